The van der Waals surface area contributed by atoms with Gasteiger partial charge in [-0.2, -0.15) is 4.31 Å². The van der Waals surface area contributed by atoms with E-state index in [9.17, 15) is 13.2 Å². The summed E-state index contributed by atoms with van der Waals surface area (Å²) in [6.45, 7) is 2.34. The Morgan fingerprint density at radius 1 is 1.43 bits per heavy atom. The lowest BCUT2D eigenvalue weighted by molar-refractivity contribution is 0.426. The fourth-order valence-electron chi connectivity index (χ4n) is 1.71. The van der Waals surface area contributed by atoms with Gasteiger partial charge in [-0.05, 0) is 34.1 Å². The highest BCUT2D eigenvalue weighted by Gasteiger charge is 2.24. The van der Waals surface area contributed by atoms with Gasteiger partial charge in [-0.25, -0.2) is 8.42 Å². The molecular weight excluding hydrogens is 400 g/mol. The van der Waals surface area contributed by atoms with E-state index in [4.69, 9.17) is 11.6 Å². The van der Waals surface area contributed by atoms with Crippen LogP contribution < -0.4 is 5.56 Å². The second-order valence-corrected chi connectivity index (χ2v) is 9.04. The van der Waals surface area contributed by atoms with Gasteiger partial charge in [0.05, 0.1) is 8.68 Å². The number of nitrogens with one attached hydrogen (secondary N) is 1. The zero-order valence-corrected chi connectivity index (χ0v) is 14.9. The van der Waals surface area contributed by atoms with Crippen LogP contribution in [0.3, 0.4) is 0 Å². The Labute approximate surface area is 139 Å². The molecule has 0 aliphatic rings. The molecule has 5 nitrogen and oxygen atoms in total. The molecule has 0 aliphatic heterocycles. The van der Waals surface area contributed by atoms with Crippen molar-refractivity contribution in [1.29, 1.82) is 0 Å². The Morgan fingerprint density at radius 3 is 2.67 bits per heavy atom. The first-order chi connectivity index (χ1) is 9.84. The highest BCUT2D eigenvalue weighted by atomic mass is 79.9. The normalized spacial score (nSPS) is 12.0. The minimum absolute atomic E-state index is 0.0235. The molecule has 2 aromatic heterocycles. The fraction of sp³-hybridized carbons (Fsp3) is 0.250. The van der Waals surface area contributed by atoms with Crippen LogP contribution in [0.5, 0.6) is 0 Å². The van der Waals surface area contributed by atoms with Gasteiger partial charge in [-0.1, -0.05) is 18.5 Å². The predicted molar refractivity (Wildman–Crippen MR) is 87.4 cm³/mol. The van der Waals surface area contributed by atoms with Crippen LogP contribution in [-0.4, -0.2) is 24.3 Å². The summed E-state index contributed by atoms with van der Waals surface area (Å²) in [5, 5.41) is -0.147. The van der Waals surface area contributed by atoms with Crippen LogP contribution >= 0.6 is 38.9 Å². The van der Waals surface area contributed by atoms with Gasteiger partial charge in [0.25, 0.3) is 5.56 Å². The maximum absolute atomic E-state index is 12.6. The fourth-order valence-corrected chi connectivity index (χ4v) is 4.95. The molecule has 0 spiro atoms. The second-order valence-electron chi connectivity index (χ2n) is 4.15. The maximum Gasteiger partial charge on any atom is 0.266 e. The summed E-state index contributed by atoms with van der Waals surface area (Å²) in [6, 6.07) is 4.91. The Morgan fingerprint density at radius 2 is 2.14 bits per heavy atom. The molecule has 0 aromatic carbocycles. The molecule has 0 amide bonds. The highest BCUT2D eigenvalue weighted by Crippen LogP contribution is 2.25. The molecule has 1 N–H and O–H groups in total. The number of H-pyrrole nitrogens is 1. The van der Waals surface area contributed by atoms with Crippen LogP contribution in [0, 0.1) is 0 Å². The summed E-state index contributed by atoms with van der Waals surface area (Å²) in [5.74, 6) is 0. The lowest BCUT2D eigenvalue weighted by atomic mass is 10.4. The standard InChI is InChI=1S/C12H12BrClN2O3S2/c1-2-16(7-8-3-4-11(13)20-8)21(18,19)9-5-10(14)12(17)15-6-9/h3-6H,2,7H2,1H3,(H,15,17). The molecule has 2 aromatic rings. The van der Waals surface area contributed by atoms with E-state index >= 15 is 0 Å². The van der Waals surface area contributed by atoms with E-state index < -0.39 is 15.6 Å². The highest BCUT2D eigenvalue weighted by molar-refractivity contribution is 9.11. The molecule has 0 radical (unpaired) electrons. The summed E-state index contributed by atoms with van der Waals surface area (Å²) in [4.78, 5) is 14.5. The molecule has 2 rings (SSSR count). The number of pyridine rings is 1. The molecule has 0 aliphatic carbocycles. The third kappa shape index (κ3) is 3.75. The van der Waals surface area contributed by atoms with Crippen LogP contribution in [0.4, 0.5) is 0 Å². The summed E-state index contributed by atoms with van der Waals surface area (Å²) in [6.07, 6.45) is 1.16. The van der Waals surface area contributed by atoms with E-state index in [1.807, 2.05) is 12.1 Å². The third-order valence-corrected chi connectivity index (χ3v) is 6.57. The van der Waals surface area contributed by atoms with Crippen molar-refractivity contribution >= 4 is 48.9 Å². The SMILES string of the molecule is CCN(Cc1ccc(Br)s1)S(=O)(=O)c1c[nH]c(=O)c(Cl)c1. The average Bonchev–Trinajstić information content (AvgIpc) is 2.84. The number of aromatic nitrogens is 1. The van der Waals surface area contributed by atoms with Gasteiger partial charge in [0.1, 0.15) is 5.02 Å². The van der Waals surface area contributed by atoms with Gasteiger partial charge in [-0.15, -0.1) is 11.3 Å². The van der Waals surface area contributed by atoms with Crippen molar-refractivity contribution in [1.82, 2.24) is 9.29 Å². The zero-order valence-electron chi connectivity index (χ0n) is 11.0. The molecular formula is C12H12BrClN2O3S2. The second kappa shape index (κ2) is 6.62. The van der Waals surface area contributed by atoms with E-state index in [-0.39, 0.29) is 16.5 Å². The molecule has 0 saturated heterocycles. The first-order valence-electron chi connectivity index (χ1n) is 5.97. The van der Waals surface area contributed by atoms with E-state index in [1.165, 1.54) is 21.7 Å². The predicted octanol–water partition coefficient (Wildman–Crippen LogP) is 3.06. The number of rotatable bonds is 5. The van der Waals surface area contributed by atoms with Gasteiger partial charge in [0, 0.05) is 24.2 Å². The van der Waals surface area contributed by atoms with Crippen LogP contribution in [0.2, 0.25) is 5.02 Å². The van der Waals surface area contributed by atoms with Crippen molar-refractivity contribution in [2.24, 2.45) is 0 Å². The summed E-state index contributed by atoms with van der Waals surface area (Å²) in [5.41, 5.74) is -0.513. The van der Waals surface area contributed by atoms with Crippen molar-refractivity contribution in [3.8, 4) is 0 Å². The number of nitrogens with zero attached hydrogens (tertiary/aromatic N) is 1. The van der Waals surface area contributed by atoms with Gasteiger partial charge in [-0.3, -0.25) is 4.79 Å². The summed E-state index contributed by atoms with van der Waals surface area (Å²) < 4.78 is 27.4. The Bertz CT molecular complexity index is 801. The van der Waals surface area contributed by atoms with Crippen molar-refractivity contribution < 1.29 is 8.42 Å². The molecule has 0 saturated carbocycles. The zero-order chi connectivity index (χ0) is 15.6. The Hall–Kier alpha value is -0.670. The number of hydrogen-bond acceptors (Lipinski definition) is 4. The molecule has 0 bridgehead atoms. The number of hydrogen-bond donors (Lipinski definition) is 1. The summed E-state index contributed by atoms with van der Waals surface area (Å²) in [7, 11) is -3.71. The van der Waals surface area contributed by atoms with E-state index in [2.05, 4.69) is 20.9 Å². The topological polar surface area (TPSA) is 70.2 Å². The van der Waals surface area contributed by atoms with E-state index in [0.29, 0.717) is 6.54 Å². The van der Waals surface area contributed by atoms with Crippen molar-refractivity contribution in [3.63, 3.8) is 0 Å². The van der Waals surface area contributed by atoms with Crippen LogP contribution in [0.15, 0.2) is 37.9 Å². The molecule has 9 heteroatoms. The number of aromatic amines is 1. The average molecular weight is 412 g/mol. The first-order valence-corrected chi connectivity index (χ1v) is 9.40. The van der Waals surface area contributed by atoms with Crippen molar-refractivity contribution in [2.75, 3.05) is 6.54 Å². The minimum Gasteiger partial charge on any atom is -0.326 e. The van der Waals surface area contributed by atoms with Gasteiger partial charge >= 0.3 is 0 Å². The molecule has 0 fully saturated rings. The molecule has 0 atom stereocenters. The van der Waals surface area contributed by atoms with Crippen LogP contribution in [0.25, 0.3) is 0 Å². The Kier molecular flexibility index (Phi) is 5.26. The van der Waals surface area contributed by atoms with Crippen molar-refractivity contribution in [2.45, 2.75) is 18.4 Å². The minimum atomic E-state index is -3.71. The number of halogens is 2. The number of sulfonamides is 1. The Balaban J connectivity index is 2.34. The van der Waals surface area contributed by atoms with E-state index in [0.717, 1.165) is 14.9 Å². The lowest BCUT2D eigenvalue weighted by Crippen LogP contribution is -2.30. The molecule has 0 unspecified atom stereocenters. The number of thiophene rings is 1. The van der Waals surface area contributed by atoms with Crippen LogP contribution in [0.1, 0.15) is 11.8 Å². The third-order valence-electron chi connectivity index (χ3n) is 2.78. The van der Waals surface area contributed by atoms with Crippen molar-refractivity contribution in [3.05, 3.63) is 48.4 Å². The monoisotopic (exact) mass is 410 g/mol. The van der Waals surface area contributed by atoms with Gasteiger partial charge < -0.3 is 4.98 Å². The first kappa shape index (κ1) is 16.7. The molecule has 21 heavy (non-hydrogen) atoms. The summed E-state index contributed by atoms with van der Waals surface area (Å²) >= 11 is 10.5. The van der Waals surface area contributed by atoms with Crippen LogP contribution in [-0.2, 0) is 16.6 Å². The van der Waals surface area contributed by atoms with Gasteiger partial charge in [0.2, 0.25) is 10.0 Å². The lowest BCUT2D eigenvalue weighted by Gasteiger charge is -2.19. The smallest absolute Gasteiger partial charge is 0.266 e. The largest absolute Gasteiger partial charge is 0.326 e. The quantitative estimate of drug-likeness (QED) is 0.822. The molecule has 114 valence electrons. The van der Waals surface area contributed by atoms with Gasteiger partial charge in [0.15, 0.2) is 0 Å². The van der Waals surface area contributed by atoms with E-state index in [1.54, 1.807) is 6.92 Å². The molecule has 2 heterocycles. The maximum atomic E-state index is 12.6.